The van der Waals surface area contributed by atoms with Gasteiger partial charge in [-0.25, -0.2) is 9.97 Å². The third-order valence-corrected chi connectivity index (χ3v) is 4.81. The average Bonchev–Trinajstić information content (AvgIpc) is 2.65. The number of benzene rings is 2. The van der Waals surface area contributed by atoms with Crippen LogP contribution in [0.4, 0.5) is 5.69 Å². The zero-order valence-electron chi connectivity index (χ0n) is 14.4. The highest BCUT2D eigenvalue weighted by Crippen LogP contribution is 2.30. The third kappa shape index (κ3) is 4.37. The average molecular weight is 367 g/mol. The number of nitro benzene ring substituents is 1. The van der Waals surface area contributed by atoms with Gasteiger partial charge in [0.2, 0.25) is 0 Å². The van der Waals surface area contributed by atoms with Crippen LogP contribution in [-0.4, -0.2) is 22.0 Å². The van der Waals surface area contributed by atoms with Crippen molar-refractivity contribution >= 4 is 17.4 Å². The summed E-state index contributed by atoms with van der Waals surface area (Å²) in [4.78, 5) is 20.5. The number of aryl methyl sites for hydroxylation is 1. The Balaban J connectivity index is 1.83. The van der Waals surface area contributed by atoms with Crippen LogP contribution in [0.25, 0.3) is 0 Å². The quantitative estimate of drug-likeness (QED) is 0.364. The van der Waals surface area contributed by atoms with Crippen molar-refractivity contribution in [2.75, 3.05) is 7.11 Å². The van der Waals surface area contributed by atoms with E-state index in [2.05, 4.69) is 9.97 Å². The number of nitrogens with zero attached hydrogens (tertiary/aromatic N) is 3. The van der Waals surface area contributed by atoms with Crippen molar-refractivity contribution in [2.24, 2.45) is 0 Å². The van der Waals surface area contributed by atoms with Crippen LogP contribution in [-0.2, 0) is 6.42 Å². The molecule has 3 rings (SSSR count). The maximum absolute atomic E-state index is 10.9. The van der Waals surface area contributed by atoms with Crippen molar-refractivity contribution in [1.82, 2.24) is 9.97 Å². The van der Waals surface area contributed by atoms with Crippen LogP contribution < -0.4 is 4.74 Å². The Kier molecular flexibility index (Phi) is 5.48. The predicted molar refractivity (Wildman–Crippen MR) is 99.8 cm³/mol. The van der Waals surface area contributed by atoms with Crippen molar-refractivity contribution in [1.29, 1.82) is 0 Å². The Morgan fingerprint density at radius 2 is 2.00 bits per heavy atom. The molecule has 2 aromatic carbocycles. The summed E-state index contributed by atoms with van der Waals surface area (Å²) in [7, 11) is 1.64. The van der Waals surface area contributed by atoms with Gasteiger partial charge >= 0.3 is 0 Å². The van der Waals surface area contributed by atoms with Gasteiger partial charge in [-0.05, 0) is 36.2 Å². The second kappa shape index (κ2) is 7.97. The van der Waals surface area contributed by atoms with Gasteiger partial charge in [0.1, 0.15) is 16.6 Å². The summed E-state index contributed by atoms with van der Waals surface area (Å²) in [6.07, 6.45) is 2.22. The summed E-state index contributed by atoms with van der Waals surface area (Å²) in [5.74, 6) is 1.42. The van der Waals surface area contributed by atoms with Crippen LogP contribution >= 0.6 is 11.8 Å². The fraction of sp³-hybridized carbons (Fsp3) is 0.158. The number of methoxy groups -OCH3 is 1. The monoisotopic (exact) mass is 367 g/mol. The van der Waals surface area contributed by atoms with Gasteiger partial charge in [-0.3, -0.25) is 10.1 Å². The van der Waals surface area contributed by atoms with Crippen LogP contribution in [0.1, 0.15) is 17.0 Å². The zero-order chi connectivity index (χ0) is 18.5. The van der Waals surface area contributed by atoms with E-state index >= 15 is 0 Å². The number of hydrogen-bond donors (Lipinski definition) is 0. The maximum Gasteiger partial charge on any atom is 0.269 e. The van der Waals surface area contributed by atoms with Crippen LogP contribution in [0.3, 0.4) is 0 Å². The minimum atomic E-state index is -0.399. The lowest BCUT2D eigenvalue weighted by molar-refractivity contribution is -0.384. The summed E-state index contributed by atoms with van der Waals surface area (Å²) in [5.41, 5.74) is 1.85. The van der Waals surface area contributed by atoms with Gasteiger partial charge in [0, 0.05) is 29.6 Å². The van der Waals surface area contributed by atoms with E-state index in [4.69, 9.17) is 4.74 Å². The smallest absolute Gasteiger partial charge is 0.269 e. The first kappa shape index (κ1) is 17.9. The number of ether oxygens (including phenoxy) is 1. The highest BCUT2D eigenvalue weighted by atomic mass is 32.2. The van der Waals surface area contributed by atoms with E-state index in [9.17, 15) is 10.1 Å². The Bertz CT molecular complexity index is 947. The predicted octanol–water partition coefficient (Wildman–Crippen LogP) is 4.44. The molecule has 26 heavy (non-hydrogen) atoms. The molecule has 0 fully saturated rings. The van der Waals surface area contributed by atoms with Gasteiger partial charge < -0.3 is 4.74 Å². The number of nitro groups is 1. The van der Waals surface area contributed by atoms with E-state index in [0.29, 0.717) is 12.2 Å². The fourth-order valence-electron chi connectivity index (χ4n) is 2.39. The largest absolute Gasteiger partial charge is 0.497 e. The first-order valence-electron chi connectivity index (χ1n) is 7.93. The first-order valence-corrected chi connectivity index (χ1v) is 8.74. The van der Waals surface area contributed by atoms with E-state index in [1.807, 2.05) is 37.3 Å². The summed E-state index contributed by atoms with van der Waals surface area (Å²) in [6, 6.07) is 14.3. The molecule has 0 aliphatic carbocycles. The van der Waals surface area contributed by atoms with Crippen LogP contribution in [0, 0.1) is 17.0 Å². The molecule has 0 saturated carbocycles. The van der Waals surface area contributed by atoms with E-state index in [-0.39, 0.29) is 5.69 Å². The molecule has 7 heteroatoms. The van der Waals surface area contributed by atoms with Crippen molar-refractivity contribution in [2.45, 2.75) is 23.3 Å². The summed E-state index contributed by atoms with van der Waals surface area (Å²) < 4.78 is 5.25. The lowest BCUT2D eigenvalue weighted by atomic mass is 10.1. The molecule has 0 spiro atoms. The Labute approximate surface area is 155 Å². The molecular weight excluding hydrogens is 350 g/mol. The molecule has 0 amide bonds. The molecule has 1 aromatic heterocycles. The molecule has 0 radical (unpaired) electrons. The number of non-ortho nitro benzene ring substituents is 1. The van der Waals surface area contributed by atoms with Crippen molar-refractivity contribution < 1.29 is 9.66 Å². The van der Waals surface area contributed by atoms with Gasteiger partial charge in [-0.15, -0.1) is 0 Å². The minimum absolute atomic E-state index is 0.0700. The summed E-state index contributed by atoms with van der Waals surface area (Å²) >= 11 is 1.54. The van der Waals surface area contributed by atoms with Crippen LogP contribution in [0.15, 0.2) is 64.6 Å². The Morgan fingerprint density at radius 3 is 2.77 bits per heavy atom. The molecular formula is C19H17N3O3S. The SMILES string of the molecule is COc1cccc(Sc2nc(Cc3cccc([N+](=O)[O-])c3)ncc2C)c1. The third-order valence-electron chi connectivity index (χ3n) is 3.71. The zero-order valence-corrected chi connectivity index (χ0v) is 15.2. The first-order chi connectivity index (χ1) is 12.5. The molecule has 6 nitrogen and oxygen atoms in total. The molecule has 0 atom stereocenters. The topological polar surface area (TPSA) is 78.2 Å². The number of hydrogen-bond acceptors (Lipinski definition) is 6. The van der Waals surface area contributed by atoms with Gasteiger partial charge in [0.25, 0.3) is 5.69 Å². The summed E-state index contributed by atoms with van der Waals surface area (Å²) in [5, 5.41) is 11.8. The van der Waals surface area contributed by atoms with Crippen molar-refractivity contribution in [3.8, 4) is 5.75 Å². The Morgan fingerprint density at radius 1 is 1.19 bits per heavy atom. The van der Waals surface area contributed by atoms with Crippen molar-refractivity contribution in [3.63, 3.8) is 0 Å². The molecule has 0 aliphatic heterocycles. The molecule has 0 aliphatic rings. The number of rotatable bonds is 6. The maximum atomic E-state index is 10.9. The Hall–Kier alpha value is -2.93. The standard InChI is InChI=1S/C19H17N3O3S/c1-13-12-20-18(10-14-5-3-6-15(9-14)22(23)24)21-19(13)26-17-8-4-7-16(11-17)25-2/h3-9,11-12H,10H2,1-2H3. The van der Waals surface area contributed by atoms with Gasteiger partial charge in [0.15, 0.2) is 0 Å². The highest BCUT2D eigenvalue weighted by molar-refractivity contribution is 7.99. The molecule has 0 unspecified atom stereocenters. The van der Waals surface area contributed by atoms with Crippen LogP contribution in [0.5, 0.6) is 5.75 Å². The molecule has 0 N–H and O–H groups in total. The molecule has 1 heterocycles. The van der Waals surface area contributed by atoms with E-state index in [1.165, 1.54) is 17.8 Å². The second-order valence-corrected chi connectivity index (χ2v) is 6.72. The van der Waals surface area contributed by atoms with Crippen molar-refractivity contribution in [3.05, 3.63) is 81.8 Å². The van der Waals surface area contributed by atoms with E-state index in [0.717, 1.165) is 26.8 Å². The second-order valence-electron chi connectivity index (χ2n) is 5.66. The molecule has 0 saturated heterocycles. The van der Waals surface area contributed by atoms with E-state index < -0.39 is 4.92 Å². The summed E-state index contributed by atoms with van der Waals surface area (Å²) in [6.45, 7) is 1.96. The molecule has 0 bridgehead atoms. The van der Waals surface area contributed by atoms with Gasteiger partial charge in [0.05, 0.1) is 12.0 Å². The molecule has 132 valence electrons. The minimum Gasteiger partial charge on any atom is -0.497 e. The lowest BCUT2D eigenvalue weighted by Gasteiger charge is -2.08. The molecule has 3 aromatic rings. The van der Waals surface area contributed by atoms with E-state index in [1.54, 1.807) is 25.4 Å². The fourth-order valence-corrected chi connectivity index (χ4v) is 3.30. The van der Waals surface area contributed by atoms with Gasteiger partial charge in [-0.1, -0.05) is 30.0 Å². The lowest BCUT2D eigenvalue weighted by Crippen LogP contribution is -2.00. The van der Waals surface area contributed by atoms with Gasteiger partial charge in [-0.2, -0.15) is 0 Å². The number of aromatic nitrogens is 2. The van der Waals surface area contributed by atoms with Crippen LogP contribution in [0.2, 0.25) is 0 Å². The normalized spacial score (nSPS) is 10.5. The highest BCUT2D eigenvalue weighted by Gasteiger charge is 2.10.